The number of rotatable bonds is 6. The molecule has 2 amide bonds. The van der Waals surface area contributed by atoms with Crippen molar-refractivity contribution < 1.29 is 9.59 Å². The molecule has 0 aliphatic heterocycles. The summed E-state index contributed by atoms with van der Waals surface area (Å²) in [5, 5.41) is 5.54. The van der Waals surface area contributed by atoms with Gasteiger partial charge in [0.1, 0.15) is 6.04 Å². The van der Waals surface area contributed by atoms with Crippen LogP contribution in [-0.4, -0.2) is 32.0 Å². The van der Waals surface area contributed by atoms with Crippen LogP contribution < -0.4 is 15.5 Å². The number of benzene rings is 2. The van der Waals surface area contributed by atoms with Crippen LogP contribution >= 0.6 is 0 Å². The Hall–Kier alpha value is -2.82. The molecule has 1 unspecified atom stereocenters. The van der Waals surface area contributed by atoms with Crippen LogP contribution in [0.4, 0.5) is 5.69 Å². The highest BCUT2D eigenvalue weighted by Crippen LogP contribution is 2.12. The first-order chi connectivity index (χ1) is 11.5. The van der Waals surface area contributed by atoms with E-state index >= 15 is 0 Å². The molecular weight excluding hydrogens is 302 g/mol. The molecule has 5 heteroatoms. The zero-order chi connectivity index (χ0) is 17.5. The molecule has 2 rings (SSSR count). The van der Waals surface area contributed by atoms with Crippen molar-refractivity contribution in [2.45, 2.75) is 19.5 Å². The molecule has 0 fully saturated rings. The van der Waals surface area contributed by atoms with Gasteiger partial charge in [0.15, 0.2) is 0 Å². The fourth-order valence-electron chi connectivity index (χ4n) is 2.19. The molecule has 2 N–H and O–H groups in total. The summed E-state index contributed by atoms with van der Waals surface area (Å²) < 4.78 is 0. The SMILES string of the molecule is CC(NC(=O)c1ccccc1)C(=O)NCc1ccc(N(C)C)cc1. The third kappa shape index (κ3) is 4.84. The minimum Gasteiger partial charge on any atom is -0.378 e. The highest BCUT2D eigenvalue weighted by atomic mass is 16.2. The number of hydrogen-bond donors (Lipinski definition) is 2. The van der Waals surface area contributed by atoms with E-state index in [1.807, 2.05) is 49.3 Å². The molecule has 0 bridgehead atoms. The molecule has 0 radical (unpaired) electrons. The van der Waals surface area contributed by atoms with Gasteiger partial charge in [-0.3, -0.25) is 9.59 Å². The Kier molecular flexibility index (Phi) is 5.95. The number of hydrogen-bond acceptors (Lipinski definition) is 3. The van der Waals surface area contributed by atoms with Gasteiger partial charge in [-0.1, -0.05) is 30.3 Å². The van der Waals surface area contributed by atoms with Crippen LogP contribution in [0.25, 0.3) is 0 Å². The number of amides is 2. The summed E-state index contributed by atoms with van der Waals surface area (Å²) in [7, 11) is 3.96. The van der Waals surface area contributed by atoms with Crippen molar-refractivity contribution in [3.63, 3.8) is 0 Å². The van der Waals surface area contributed by atoms with Crippen molar-refractivity contribution in [2.24, 2.45) is 0 Å². The van der Waals surface area contributed by atoms with Crippen molar-refractivity contribution in [2.75, 3.05) is 19.0 Å². The molecule has 126 valence electrons. The topological polar surface area (TPSA) is 61.4 Å². The average Bonchev–Trinajstić information content (AvgIpc) is 2.60. The monoisotopic (exact) mass is 325 g/mol. The van der Waals surface area contributed by atoms with Crippen LogP contribution in [0.3, 0.4) is 0 Å². The quantitative estimate of drug-likeness (QED) is 0.856. The molecule has 0 aliphatic rings. The van der Waals surface area contributed by atoms with E-state index in [1.165, 1.54) is 0 Å². The second kappa shape index (κ2) is 8.15. The molecule has 5 nitrogen and oxygen atoms in total. The van der Waals surface area contributed by atoms with Gasteiger partial charge >= 0.3 is 0 Å². The molecule has 1 atom stereocenters. The molecule has 0 saturated heterocycles. The standard InChI is InChI=1S/C19H23N3O2/c1-14(21-19(24)16-7-5-4-6-8-16)18(23)20-13-15-9-11-17(12-10-15)22(2)3/h4-12,14H,13H2,1-3H3,(H,20,23)(H,21,24). The highest BCUT2D eigenvalue weighted by Gasteiger charge is 2.16. The van der Waals surface area contributed by atoms with Crippen molar-refractivity contribution >= 4 is 17.5 Å². The van der Waals surface area contributed by atoms with Gasteiger partial charge in [0.25, 0.3) is 5.91 Å². The van der Waals surface area contributed by atoms with Gasteiger partial charge < -0.3 is 15.5 Å². The maximum Gasteiger partial charge on any atom is 0.251 e. The zero-order valence-corrected chi connectivity index (χ0v) is 14.2. The third-order valence-corrected chi connectivity index (χ3v) is 3.70. The van der Waals surface area contributed by atoms with Gasteiger partial charge in [0.05, 0.1) is 0 Å². The van der Waals surface area contributed by atoms with Crippen LogP contribution in [0.1, 0.15) is 22.8 Å². The van der Waals surface area contributed by atoms with E-state index < -0.39 is 6.04 Å². The number of nitrogens with zero attached hydrogens (tertiary/aromatic N) is 1. The molecule has 2 aromatic carbocycles. The summed E-state index contributed by atoms with van der Waals surface area (Å²) >= 11 is 0. The highest BCUT2D eigenvalue weighted by molar-refractivity contribution is 5.97. The summed E-state index contributed by atoms with van der Waals surface area (Å²) in [4.78, 5) is 26.2. The Balaban J connectivity index is 1.84. The van der Waals surface area contributed by atoms with E-state index in [4.69, 9.17) is 0 Å². The minimum atomic E-state index is -0.598. The van der Waals surface area contributed by atoms with E-state index in [1.54, 1.807) is 31.2 Å². The Morgan fingerprint density at radius 2 is 1.62 bits per heavy atom. The Labute approximate surface area is 142 Å². The lowest BCUT2D eigenvalue weighted by Gasteiger charge is -2.15. The molecular formula is C19H23N3O2. The van der Waals surface area contributed by atoms with Crippen LogP contribution in [0, 0.1) is 0 Å². The van der Waals surface area contributed by atoms with Gasteiger partial charge in [0.2, 0.25) is 5.91 Å². The summed E-state index contributed by atoms with van der Waals surface area (Å²) in [6.45, 7) is 2.10. The van der Waals surface area contributed by atoms with Crippen LogP contribution in [0.5, 0.6) is 0 Å². The first-order valence-corrected chi connectivity index (χ1v) is 7.87. The van der Waals surface area contributed by atoms with Crippen molar-refractivity contribution in [3.8, 4) is 0 Å². The third-order valence-electron chi connectivity index (χ3n) is 3.70. The second-order valence-corrected chi connectivity index (χ2v) is 5.84. The van der Waals surface area contributed by atoms with E-state index in [-0.39, 0.29) is 11.8 Å². The normalized spacial score (nSPS) is 11.5. The molecule has 0 spiro atoms. The first kappa shape index (κ1) is 17.5. The number of carbonyl (C=O) groups excluding carboxylic acids is 2. The Bertz CT molecular complexity index is 682. The lowest BCUT2D eigenvalue weighted by Crippen LogP contribution is -2.44. The largest absolute Gasteiger partial charge is 0.378 e. The fraction of sp³-hybridized carbons (Fsp3) is 0.263. The predicted octanol–water partition coefficient (Wildman–Crippen LogP) is 2.19. The molecule has 24 heavy (non-hydrogen) atoms. The average molecular weight is 325 g/mol. The predicted molar refractivity (Wildman–Crippen MR) is 96.0 cm³/mol. The smallest absolute Gasteiger partial charge is 0.251 e. The Morgan fingerprint density at radius 3 is 2.21 bits per heavy atom. The van der Waals surface area contributed by atoms with E-state index in [2.05, 4.69) is 10.6 Å². The van der Waals surface area contributed by atoms with Gasteiger partial charge in [0, 0.05) is 31.9 Å². The first-order valence-electron chi connectivity index (χ1n) is 7.87. The summed E-state index contributed by atoms with van der Waals surface area (Å²) in [6, 6.07) is 16.2. The number of anilines is 1. The molecule has 0 aromatic heterocycles. The van der Waals surface area contributed by atoms with Gasteiger partial charge in [-0.05, 0) is 36.8 Å². The lowest BCUT2D eigenvalue weighted by atomic mass is 10.2. The van der Waals surface area contributed by atoms with Crippen LogP contribution in [-0.2, 0) is 11.3 Å². The maximum atomic E-state index is 12.1. The van der Waals surface area contributed by atoms with Crippen LogP contribution in [0.2, 0.25) is 0 Å². The van der Waals surface area contributed by atoms with Gasteiger partial charge in [-0.2, -0.15) is 0 Å². The van der Waals surface area contributed by atoms with Crippen molar-refractivity contribution in [1.29, 1.82) is 0 Å². The van der Waals surface area contributed by atoms with Crippen LogP contribution in [0.15, 0.2) is 54.6 Å². The maximum absolute atomic E-state index is 12.1. The van der Waals surface area contributed by atoms with Crippen molar-refractivity contribution in [1.82, 2.24) is 10.6 Å². The van der Waals surface area contributed by atoms with Gasteiger partial charge in [-0.15, -0.1) is 0 Å². The summed E-state index contributed by atoms with van der Waals surface area (Å²) in [5.41, 5.74) is 2.65. The summed E-state index contributed by atoms with van der Waals surface area (Å²) in [6.07, 6.45) is 0. The van der Waals surface area contributed by atoms with E-state index in [0.29, 0.717) is 12.1 Å². The number of carbonyl (C=O) groups is 2. The molecule has 2 aromatic rings. The molecule has 0 heterocycles. The lowest BCUT2D eigenvalue weighted by molar-refractivity contribution is -0.122. The number of nitrogens with one attached hydrogen (secondary N) is 2. The van der Waals surface area contributed by atoms with Crippen molar-refractivity contribution in [3.05, 3.63) is 65.7 Å². The summed E-state index contributed by atoms with van der Waals surface area (Å²) in [5.74, 6) is -0.468. The zero-order valence-electron chi connectivity index (χ0n) is 14.2. The minimum absolute atomic E-state index is 0.212. The second-order valence-electron chi connectivity index (χ2n) is 5.84. The fourth-order valence-corrected chi connectivity index (χ4v) is 2.19. The van der Waals surface area contributed by atoms with Gasteiger partial charge in [-0.25, -0.2) is 0 Å². The molecule has 0 saturated carbocycles. The van der Waals surface area contributed by atoms with E-state index in [9.17, 15) is 9.59 Å². The van der Waals surface area contributed by atoms with E-state index in [0.717, 1.165) is 11.3 Å². The Morgan fingerprint density at radius 1 is 1.00 bits per heavy atom. The molecule has 0 aliphatic carbocycles.